The molecule has 0 fully saturated rings. The largest absolute Gasteiger partial charge is 0.479 e. The van der Waals surface area contributed by atoms with Crippen molar-refractivity contribution >= 4 is 28.7 Å². The molecule has 0 unspecified atom stereocenters. The van der Waals surface area contributed by atoms with Crippen molar-refractivity contribution in [3.05, 3.63) is 48.4 Å². The molecule has 0 aliphatic rings. The molecule has 0 aliphatic carbocycles. The van der Waals surface area contributed by atoms with Crippen molar-refractivity contribution in [2.24, 2.45) is 0 Å². The van der Waals surface area contributed by atoms with Crippen LogP contribution in [0.3, 0.4) is 0 Å². The maximum atomic E-state index is 12.8. The van der Waals surface area contributed by atoms with Crippen LogP contribution in [0.5, 0.6) is 5.88 Å². The number of aromatic nitrogens is 3. The standard InChI is InChI=1S/C24H30N4O7/c1-5-34-23(30)20(21(29)24(31)35-6-2)27(3)17-12-28(15-33-13-16-10-8-7-9-11-16)19-18(17)25-14-26-22(19)32-4/h7-12,14,20-21,29H,5-6,13,15H2,1-4H3/t20-,21+/m1/s1. The van der Waals surface area contributed by atoms with E-state index >= 15 is 0 Å². The number of hydrogen-bond donors (Lipinski definition) is 1. The van der Waals surface area contributed by atoms with E-state index < -0.39 is 24.1 Å². The average Bonchev–Trinajstić information content (AvgIpc) is 3.24. The Balaban J connectivity index is 1.98. The number of hydrogen-bond acceptors (Lipinski definition) is 10. The van der Waals surface area contributed by atoms with Gasteiger partial charge in [-0.1, -0.05) is 30.3 Å². The Morgan fingerprint density at radius 3 is 2.43 bits per heavy atom. The second-order valence-corrected chi connectivity index (χ2v) is 7.53. The first-order valence-corrected chi connectivity index (χ1v) is 11.2. The molecule has 11 nitrogen and oxygen atoms in total. The Bertz CT molecular complexity index is 1140. The second-order valence-electron chi connectivity index (χ2n) is 7.53. The van der Waals surface area contributed by atoms with E-state index in [-0.39, 0.29) is 19.9 Å². The third kappa shape index (κ3) is 5.87. The van der Waals surface area contributed by atoms with Gasteiger partial charge >= 0.3 is 11.9 Å². The second kappa shape index (κ2) is 12.1. The van der Waals surface area contributed by atoms with E-state index in [4.69, 9.17) is 18.9 Å². The summed E-state index contributed by atoms with van der Waals surface area (Å²) < 4.78 is 23.1. The van der Waals surface area contributed by atoms with Crippen molar-refractivity contribution < 1.29 is 33.6 Å². The van der Waals surface area contributed by atoms with Crippen LogP contribution in [0.4, 0.5) is 5.69 Å². The van der Waals surface area contributed by atoms with Crippen molar-refractivity contribution in [1.29, 1.82) is 0 Å². The highest BCUT2D eigenvalue weighted by atomic mass is 16.6. The molecule has 2 aromatic heterocycles. The van der Waals surface area contributed by atoms with Gasteiger partial charge in [0.2, 0.25) is 5.88 Å². The maximum Gasteiger partial charge on any atom is 0.337 e. The highest BCUT2D eigenvalue weighted by Gasteiger charge is 2.39. The maximum absolute atomic E-state index is 12.8. The Morgan fingerprint density at radius 2 is 1.77 bits per heavy atom. The van der Waals surface area contributed by atoms with Crippen LogP contribution in [0, 0.1) is 0 Å². The minimum atomic E-state index is -1.78. The molecule has 0 saturated carbocycles. The molecule has 0 spiro atoms. The summed E-state index contributed by atoms with van der Waals surface area (Å²) in [6.07, 6.45) is 1.24. The number of ether oxygens (including phenoxy) is 4. The number of likely N-dealkylation sites (N-methyl/N-ethyl adjacent to an activating group) is 1. The topological polar surface area (TPSA) is 125 Å². The number of nitrogens with zero attached hydrogens (tertiary/aromatic N) is 4. The lowest BCUT2D eigenvalue weighted by Gasteiger charge is -2.29. The Labute approximate surface area is 203 Å². The van der Waals surface area contributed by atoms with Crippen LogP contribution >= 0.6 is 0 Å². The molecule has 0 saturated heterocycles. The summed E-state index contributed by atoms with van der Waals surface area (Å²) in [6, 6.07) is 8.32. The summed E-state index contributed by atoms with van der Waals surface area (Å²) in [5.74, 6) is -1.41. The van der Waals surface area contributed by atoms with Gasteiger partial charge in [0.1, 0.15) is 24.1 Å². The number of methoxy groups -OCH3 is 1. The first kappa shape index (κ1) is 25.9. The third-order valence-corrected chi connectivity index (χ3v) is 5.28. The van der Waals surface area contributed by atoms with E-state index in [9.17, 15) is 14.7 Å². The Hall–Kier alpha value is -3.70. The number of rotatable bonds is 12. The summed E-state index contributed by atoms with van der Waals surface area (Å²) in [6.45, 7) is 3.88. The van der Waals surface area contributed by atoms with Crippen LogP contribution < -0.4 is 9.64 Å². The lowest BCUT2D eigenvalue weighted by Crippen LogP contribution is -2.52. The van der Waals surface area contributed by atoms with Crippen LogP contribution in [-0.4, -0.2) is 71.1 Å². The quantitative estimate of drug-likeness (QED) is 0.380. The monoisotopic (exact) mass is 486 g/mol. The molecule has 1 aromatic carbocycles. The van der Waals surface area contributed by atoms with Crippen molar-refractivity contribution in [1.82, 2.24) is 14.5 Å². The normalized spacial score (nSPS) is 12.7. The molecule has 11 heteroatoms. The number of aliphatic hydroxyl groups is 1. The molecule has 2 heterocycles. The molecular weight excluding hydrogens is 456 g/mol. The Kier molecular flexibility index (Phi) is 8.98. The zero-order chi connectivity index (χ0) is 25.4. The molecule has 2 atom stereocenters. The van der Waals surface area contributed by atoms with Gasteiger partial charge in [0.25, 0.3) is 0 Å². The van der Waals surface area contributed by atoms with Crippen LogP contribution in [0.2, 0.25) is 0 Å². The number of benzene rings is 1. The highest BCUT2D eigenvalue weighted by molar-refractivity contribution is 5.96. The van der Waals surface area contributed by atoms with E-state index in [1.165, 1.54) is 18.3 Å². The Morgan fingerprint density at radius 1 is 1.09 bits per heavy atom. The molecule has 3 aromatic rings. The van der Waals surface area contributed by atoms with Crippen LogP contribution in [0.1, 0.15) is 19.4 Å². The summed E-state index contributed by atoms with van der Waals surface area (Å²) in [5.41, 5.74) is 2.40. The van der Waals surface area contributed by atoms with Gasteiger partial charge in [0, 0.05) is 13.2 Å². The van der Waals surface area contributed by atoms with Gasteiger partial charge in [-0.15, -0.1) is 0 Å². The molecule has 0 aliphatic heterocycles. The van der Waals surface area contributed by atoms with E-state index in [0.29, 0.717) is 29.2 Å². The minimum Gasteiger partial charge on any atom is -0.479 e. The predicted molar refractivity (Wildman–Crippen MR) is 127 cm³/mol. The zero-order valence-corrected chi connectivity index (χ0v) is 20.2. The molecule has 0 bridgehead atoms. The summed E-state index contributed by atoms with van der Waals surface area (Å²) in [4.78, 5) is 35.1. The van der Waals surface area contributed by atoms with Crippen LogP contribution in [-0.2, 0) is 37.1 Å². The summed E-state index contributed by atoms with van der Waals surface area (Å²) in [5, 5.41) is 10.7. The molecule has 3 rings (SSSR count). The molecule has 188 valence electrons. The number of aliphatic hydroxyl groups excluding tert-OH is 1. The fourth-order valence-electron chi connectivity index (χ4n) is 3.66. The molecule has 0 amide bonds. The van der Waals surface area contributed by atoms with Crippen molar-refractivity contribution in [2.75, 3.05) is 32.3 Å². The third-order valence-electron chi connectivity index (χ3n) is 5.28. The SMILES string of the molecule is CCOC(=O)[C@@H](O)[C@H](C(=O)OCC)N(C)c1cn(COCc2ccccc2)c2c(OC)ncnc12. The highest BCUT2D eigenvalue weighted by Crippen LogP contribution is 2.33. The van der Waals surface area contributed by atoms with E-state index in [2.05, 4.69) is 9.97 Å². The van der Waals surface area contributed by atoms with Crippen molar-refractivity contribution in [2.45, 2.75) is 39.3 Å². The van der Waals surface area contributed by atoms with Gasteiger partial charge < -0.3 is 33.5 Å². The fraction of sp³-hybridized carbons (Fsp3) is 0.417. The predicted octanol–water partition coefficient (Wildman–Crippen LogP) is 1.91. The number of carbonyl (C=O) groups excluding carboxylic acids is 2. The summed E-state index contributed by atoms with van der Waals surface area (Å²) in [7, 11) is 3.04. The first-order valence-electron chi connectivity index (χ1n) is 11.2. The van der Waals surface area contributed by atoms with Crippen molar-refractivity contribution in [3.8, 4) is 5.88 Å². The first-order chi connectivity index (χ1) is 16.9. The number of fused-ring (bicyclic) bond motifs is 1. The zero-order valence-electron chi connectivity index (χ0n) is 20.2. The molecule has 35 heavy (non-hydrogen) atoms. The average molecular weight is 487 g/mol. The van der Waals surface area contributed by atoms with E-state index in [1.54, 1.807) is 31.7 Å². The molecular formula is C24H30N4O7. The lowest BCUT2D eigenvalue weighted by molar-refractivity contribution is -0.161. The van der Waals surface area contributed by atoms with Crippen LogP contribution in [0.15, 0.2) is 42.9 Å². The number of esters is 2. The van der Waals surface area contributed by atoms with Crippen LogP contribution in [0.25, 0.3) is 11.0 Å². The van der Waals surface area contributed by atoms with Gasteiger partial charge in [-0.25, -0.2) is 14.6 Å². The van der Waals surface area contributed by atoms with Gasteiger partial charge in [-0.2, -0.15) is 4.98 Å². The fourth-order valence-corrected chi connectivity index (χ4v) is 3.66. The number of anilines is 1. The molecule has 1 N–H and O–H groups in total. The number of carbonyl (C=O) groups is 2. The van der Waals surface area contributed by atoms with Gasteiger partial charge in [-0.3, -0.25) is 0 Å². The van der Waals surface area contributed by atoms with E-state index in [1.807, 2.05) is 30.3 Å². The minimum absolute atomic E-state index is 0.0532. The van der Waals surface area contributed by atoms with Crippen molar-refractivity contribution in [3.63, 3.8) is 0 Å². The smallest absolute Gasteiger partial charge is 0.337 e. The lowest BCUT2D eigenvalue weighted by atomic mass is 10.1. The van der Waals surface area contributed by atoms with Gasteiger partial charge in [0.15, 0.2) is 12.1 Å². The molecule has 0 radical (unpaired) electrons. The van der Waals surface area contributed by atoms with Gasteiger partial charge in [0.05, 0.1) is 32.6 Å². The summed E-state index contributed by atoms with van der Waals surface area (Å²) >= 11 is 0. The van der Waals surface area contributed by atoms with Gasteiger partial charge in [-0.05, 0) is 19.4 Å². The van der Waals surface area contributed by atoms with E-state index in [0.717, 1.165) is 5.56 Å².